The van der Waals surface area contributed by atoms with Gasteiger partial charge in [-0.25, -0.2) is 0 Å². The van der Waals surface area contributed by atoms with Crippen molar-refractivity contribution in [3.05, 3.63) is 28.4 Å². The highest BCUT2D eigenvalue weighted by Crippen LogP contribution is 2.53. The molecule has 0 saturated heterocycles. The molecule has 108 valence electrons. The minimum Gasteiger partial charge on any atom is -0.398 e. The number of hydrogen-bond donors (Lipinski definition) is 1. The van der Waals surface area contributed by atoms with Crippen LogP contribution in [0, 0.1) is 33.8 Å². The first-order valence-electron chi connectivity index (χ1n) is 7.46. The summed E-state index contributed by atoms with van der Waals surface area (Å²) in [5.41, 5.74) is 5.60. The highest BCUT2D eigenvalue weighted by atomic mass is 16.6. The van der Waals surface area contributed by atoms with Crippen molar-refractivity contribution in [2.45, 2.75) is 38.5 Å². The first-order chi connectivity index (χ1) is 9.60. The van der Waals surface area contributed by atoms with Crippen molar-refractivity contribution in [3.8, 4) is 0 Å². The highest BCUT2D eigenvalue weighted by Gasteiger charge is 2.41. The summed E-state index contributed by atoms with van der Waals surface area (Å²) in [4.78, 5) is 12.9. The van der Waals surface area contributed by atoms with Crippen molar-refractivity contribution in [1.82, 2.24) is 4.98 Å². The predicted octanol–water partition coefficient (Wildman–Crippen LogP) is 3.40. The van der Waals surface area contributed by atoms with Gasteiger partial charge in [0.2, 0.25) is 0 Å². The Bertz CT molecular complexity index is 447. The van der Waals surface area contributed by atoms with Crippen LogP contribution < -0.4 is 5.73 Å². The lowest BCUT2D eigenvalue weighted by molar-refractivity contribution is -0.389. The van der Waals surface area contributed by atoms with Crippen LogP contribution in [0.5, 0.6) is 0 Å². The van der Waals surface area contributed by atoms with Crippen LogP contribution in [0.3, 0.4) is 0 Å². The van der Waals surface area contributed by atoms with Crippen LogP contribution in [-0.4, -0.2) is 9.91 Å². The molecule has 5 rings (SSSR count). The van der Waals surface area contributed by atoms with E-state index in [-0.39, 0.29) is 5.82 Å². The van der Waals surface area contributed by atoms with Gasteiger partial charge in [-0.1, -0.05) is 0 Å². The molecule has 4 bridgehead atoms. The van der Waals surface area contributed by atoms with Crippen LogP contribution >= 0.6 is 0 Å². The lowest BCUT2D eigenvalue weighted by Gasteiger charge is -2.49. The first-order valence-corrected chi connectivity index (χ1v) is 7.46. The number of nitro groups is 1. The van der Waals surface area contributed by atoms with E-state index in [4.69, 9.17) is 5.73 Å². The zero-order valence-electron chi connectivity index (χ0n) is 11.6. The van der Waals surface area contributed by atoms with Crippen molar-refractivity contribution >= 4 is 11.5 Å². The van der Waals surface area contributed by atoms with Gasteiger partial charge in [-0.05, 0) is 72.1 Å². The summed E-state index contributed by atoms with van der Waals surface area (Å²) in [5.74, 6) is 4.49. The minimum atomic E-state index is -0.587. The van der Waals surface area contributed by atoms with Crippen LogP contribution in [0.4, 0.5) is 11.5 Å². The van der Waals surface area contributed by atoms with E-state index in [2.05, 4.69) is 4.98 Å². The fourth-order valence-electron chi connectivity index (χ4n) is 4.52. The third kappa shape index (κ3) is 2.92. The van der Waals surface area contributed by atoms with Gasteiger partial charge in [-0.2, -0.15) is 0 Å². The monoisotopic (exact) mass is 275 g/mol. The van der Waals surface area contributed by atoms with E-state index in [0.29, 0.717) is 5.69 Å². The van der Waals surface area contributed by atoms with Crippen LogP contribution in [-0.2, 0) is 0 Å². The molecule has 4 aliphatic carbocycles. The molecule has 0 aliphatic heterocycles. The molecule has 0 unspecified atom stereocenters. The van der Waals surface area contributed by atoms with Gasteiger partial charge >= 0.3 is 5.82 Å². The Balaban J connectivity index is 0.000000121. The number of aromatic nitrogens is 1. The average molecular weight is 275 g/mol. The quantitative estimate of drug-likeness (QED) is 0.629. The SMILES string of the molecule is C1C2CC3CC1CC(C2)C3.Nc1ccnc([N+](=O)[O-])c1. The van der Waals surface area contributed by atoms with Crippen molar-refractivity contribution in [2.24, 2.45) is 23.7 Å². The van der Waals surface area contributed by atoms with E-state index in [9.17, 15) is 10.1 Å². The third-order valence-electron chi connectivity index (χ3n) is 4.96. The predicted molar refractivity (Wildman–Crippen MR) is 77.0 cm³/mol. The number of hydrogen-bond acceptors (Lipinski definition) is 4. The second-order valence-corrected chi connectivity index (χ2v) is 6.58. The Hall–Kier alpha value is -1.65. The molecule has 1 aromatic rings. The van der Waals surface area contributed by atoms with E-state index in [1.807, 2.05) is 0 Å². The van der Waals surface area contributed by atoms with Crippen LogP contribution in [0.25, 0.3) is 0 Å². The molecule has 0 radical (unpaired) electrons. The standard InChI is InChI=1S/C10H16.C5H5N3O2/c1-7-2-9-4-8(1)5-10(3-7)6-9;6-4-1-2-7-5(3-4)8(9)10/h7-10H,1-6H2;1-3H,(H2,6,7). The summed E-state index contributed by atoms with van der Waals surface area (Å²) in [6, 6.07) is 2.70. The highest BCUT2D eigenvalue weighted by molar-refractivity contribution is 5.41. The van der Waals surface area contributed by atoms with E-state index >= 15 is 0 Å². The van der Waals surface area contributed by atoms with E-state index in [0.717, 1.165) is 0 Å². The summed E-state index contributed by atoms with van der Waals surface area (Å²) in [6.45, 7) is 0. The van der Waals surface area contributed by atoms with Crippen molar-refractivity contribution in [1.29, 1.82) is 0 Å². The van der Waals surface area contributed by atoms with E-state index in [1.54, 1.807) is 38.5 Å². The summed E-state index contributed by atoms with van der Waals surface area (Å²) >= 11 is 0. The van der Waals surface area contributed by atoms with Gasteiger partial charge in [0.15, 0.2) is 0 Å². The maximum Gasteiger partial charge on any atom is 0.365 e. The molecule has 4 fully saturated rings. The normalized spacial score (nSPS) is 33.4. The Morgan fingerprint density at radius 2 is 1.50 bits per heavy atom. The van der Waals surface area contributed by atoms with E-state index in [1.165, 1.54) is 42.0 Å². The molecule has 5 heteroatoms. The molecule has 1 heterocycles. The fraction of sp³-hybridized carbons (Fsp3) is 0.667. The van der Waals surface area contributed by atoms with Gasteiger partial charge in [0.1, 0.15) is 6.20 Å². The number of anilines is 1. The van der Waals surface area contributed by atoms with Crippen molar-refractivity contribution in [3.63, 3.8) is 0 Å². The van der Waals surface area contributed by atoms with Gasteiger partial charge in [0.25, 0.3) is 0 Å². The Kier molecular flexibility index (Phi) is 3.59. The lowest BCUT2D eigenvalue weighted by Crippen LogP contribution is -2.38. The molecule has 4 saturated carbocycles. The average Bonchev–Trinajstić information content (AvgIpc) is 2.37. The van der Waals surface area contributed by atoms with Gasteiger partial charge in [-0.15, -0.1) is 0 Å². The molecule has 4 aliphatic rings. The topological polar surface area (TPSA) is 82.0 Å². The molecular formula is C15H21N3O2. The second kappa shape index (κ2) is 5.38. The summed E-state index contributed by atoms with van der Waals surface area (Å²) in [6.07, 6.45) is 10.9. The molecule has 0 aromatic carbocycles. The number of pyridine rings is 1. The Morgan fingerprint density at radius 3 is 1.80 bits per heavy atom. The van der Waals surface area contributed by atoms with Crippen LogP contribution in [0.1, 0.15) is 38.5 Å². The van der Waals surface area contributed by atoms with Gasteiger partial charge in [0.05, 0.1) is 6.07 Å². The van der Waals surface area contributed by atoms with Gasteiger partial charge in [0, 0.05) is 11.8 Å². The summed E-state index contributed by atoms with van der Waals surface area (Å²) in [7, 11) is 0. The Morgan fingerprint density at radius 1 is 1.05 bits per heavy atom. The minimum absolute atomic E-state index is 0.222. The van der Waals surface area contributed by atoms with Crippen molar-refractivity contribution in [2.75, 3.05) is 5.73 Å². The zero-order valence-corrected chi connectivity index (χ0v) is 11.6. The molecule has 5 nitrogen and oxygen atoms in total. The van der Waals surface area contributed by atoms with Gasteiger partial charge in [-0.3, -0.25) is 0 Å². The maximum absolute atomic E-state index is 10.0. The number of nitrogens with zero attached hydrogens (tertiary/aromatic N) is 2. The summed E-state index contributed by atoms with van der Waals surface area (Å²) in [5, 5.41) is 10.0. The van der Waals surface area contributed by atoms with Crippen LogP contribution in [0.2, 0.25) is 0 Å². The summed E-state index contributed by atoms with van der Waals surface area (Å²) < 4.78 is 0. The molecule has 0 amide bonds. The second-order valence-electron chi connectivity index (χ2n) is 6.58. The molecule has 0 spiro atoms. The number of nitrogens with two attached hydrogens (primary N) is 1. The third-order valence-corrected chi connectivity index (χ3v) is 4.96. The maximum atomic E-state index is 10.0. The van der Waals surface area contributed by atoms with Crippen LogP contribution in [0.15, 0.2) is 18.3 Å². The molecule has 20 heavy (non-hydrogen) atoms. The largest absolute Gasteiger partial charge is 0.398 e. The molecule has 2 N–H and O–H groups in total. The first kappa shape index (κ1) is 13.3. The number of rotatable bonds is 1. The van der Waals surface area contributed by atoms with Gasteiger partial charge < -0.3 is 15.8 Å². The smallest absolute Gasteiger partial charge is 0.365 e. The molecular weight excluding hydrogens is 254 g/mol. The van der Waals surface area contributed by atoms with Crippen molar-refractivity contribution < 1.29 is 4.92 Å². The zero-order chi connectivity index (χ0) is 14.1. The Labute approximate surface area is 118 Å². The number of nitrogen functional groups attached to an aromatic ring is 1. The van der Waals surface area contributed by atoms with E-state index < -0.39 is 4.92 Å². The molecule has 0 atom stereocenters. The lowest BCUT2D eigenvalue weighted by atomic mass is 9.56. The fourth-order valence-corrected chi connectivity index (χ4v) is 4.52. The molecule has 1 aromatic heterocycles.